The van der Waals surface area contributed by atoms with Crippen molar-refractivity contribution in [1.82, 2.24) is 10.2 Å². The van der Waals surface area contributed by atoms with Gasteiger partial charge in [-0.3, -0.25) is 9.59 Å². The Bertz CT molecular complexity index is 920. The predicted octanol–water partition coefficient (Wildman–Crippen LogP) is 2.77. The summed E-state index contributed by atoms with van der Waals surface area (Å²) < 4.78 is 23.0. The maximum atomic E-state index is 13.0. The van der Waals surface area contributed by atoms with Gasteiger partial charge in [0, 0.05) is 18.7 Å². The molecule has 31 heavy (non-hydrogen) atoms. The van der Waals surface area contributed by atoms with E-state index in [1.54, 1.807) is 45.0 Å². The van der Waals surface area contributed by atoms with Crippen molar-refractivity contribution < 1.29 is 28.2 Å². The maximum absolute atomic E-state index is 13.0. The molecular weight excluding hydrogens is 403 g/mol. The van der Waals surface area contributed by atoms with E-state index in [2.05, 4.69) is 10.1 Å². The second kappa shape index (κ2) is 11.1. The Morgan fingerprint density at radius 3 is 2.23 bits per heavy atom. The smallest absolute Gasteiger partial charge is 0.343 e. The van der Waals surface area contributed by atoms with Gasteiger partial charge in [-0.15, -0.1) is 0 Å². The summed E-state index contributed by atoms with van der Waals surface area (Å²) in [6.45, 7) is 5.62. The fourth-order valence-electron chi connectivity index (χ4n) is 3.03. The van der Waals surface area contributed by atoms with Gasteiger partial charge in [-0.1, -0.05) is 12.1 Å². The highest BCUT2D eigenvalue weighted by Gasteiger charge is 2.20. The molecule has 0 saturated heterocycles. The molecule has 2 rings (SSSR count). The molecule has 8 heteroatoms. The number of halogens is 1. The largest absolute Gasteiger partial charge is 0.481 e. The topological polar surface area (TPSA) is 84.9 Å². The van der Waals surface area contributed by atoms with Gasteiger partial charge >= 0.3 is 5.97 Å². The number of methoxy groups -OCH3 is 1. The number of benzene rings is 2. The Morgan fingerprint density at radius 1 is 1.06 bits per heavy atom. The van der Waals surface area contributed by atoms with Crippen LogP contribution in [0.15, 0.2) is 36.4 Å². The molecular formula is C23H27FN2O5. The zero-order valence-corrected chi connectivity index (χ0v) is 18.2. The highest BCUT2D eigenvalue weighted by molar-refractivity contribution is 5.97. The lowest BCUT2D eigenvalue weighted by molar-refractivity contribution is -0.142. The summed E-state index contributed by atoms with van der Waals surface area (Å²) >= 11 is 0. The van der Waals surface area contributed by atoms with Gasteiger partial charge in [0.25, 0.3) is 5.91 Å². The maximum Gasteiger partial charge on any atom is 0.343 e. The van der Waals surface area contributed by atoms with Gasteiger partial charge in [0.15, 0.2) is 6.61 Å². The number of likely N-dealkylation sites (N-methyl/N-ethyl adjacent to an activating group) is 1. The second-order valence-electron chi connectivity index (χ2n) is 7.03. The van der Waals surface area contributed by atoms with Crippen molar-refractivity contribution in [2.24, 2.45) is 0 Å². The van der Waals surface area contributed by atoms with E-state index in [4.69, 9.17) is 4.74 Å². The van der Waals surface area contributed by atoms with E-state index in [-0.39, 0.29) is 37.3 Å². The van der Waals surface area contributed by atoms with Crippen molar-refractivity contribution in [3.05, 3.63) is 64.5 Å². The van der Waals surface area contributed by atoms with Gasteiger partial charge in [-0.05, 0) is 61.7 Å². The zero-order chi connectivity index (χ0) is 23.0. The number of ether oxygens (including phenoxy) is 2. The molecule has 0 aliphatic carbocycles. The lowest BCUT2D eigenvalue weighted by Gasteiger charge is -2.21. The van der Waals surface area contributed by atoms with Crippen LogP contribution in [0.1, 0.15) is 34.0 Å². The summed E-state index contributed by atoms with van der Waals surface area (Å²) in [5.74, 6) is -0.925. The number of nitrogens with one attached hydrogen (secondary N) is 1. The normalized spacial score (nSPS) is 10.4. The summed E-state index contributed by atoms with van der Waals surface area (Å²) in [4.78, 5) is 38.0. The molecule has 0 spiro atoms. The number of hydrogen-bond acceptors (Lipinski definition) is 5. The number of hydrogen-bond donors (Lipinski definition) is 1. The average molecular weight is 430 g/mol. The van der Waals surface area contributed by atoms with Crippen LogP contribution in [0.5, 0.6) is 5.75 Å². The Labute approximate surface area is 181 Å². The fraction of sp³-hybridized carbons (Fsp3) is 0.348. The lowest BCUT2D eigenvalue weighted by Crippen LogP contribution is -2.40. The minimum Gasteiger partial charge on any atom is -0.481 e. The van der Waals surface area contributed by atoms with E-state index in [9.17, 15) is 18.8 Å². The fourth-order valence-corrected chi connectivity index (χ4v) is 3.03. The second-order valence-corrected chi connectivity index (χ2v) is 7.03. The molecule has 1 N–H and O–H groups in total. The predicted molar refractivity (Wildman–Crippen MR) is 113 cm³/mol. The van der Waals surface area contributed by atoms with Crippen LogP contribution in [-0.4, -0.2) is 49.5 Å². The van der Waals surface area contributed by atoms with Crippen LogP contribution in [0.3, 0.4) is 0 Å². The summed E-state index contributed by atoms with van der Waals surface area (Å²) in [6, 6.07) is 9.17. The van der Waals surface area contributed by atoms with Crippen LogP contribution in [0.25, 0.3) is 0 Å². The Hall–Kier alpha value is -3.42. The lowest BCUT2D eigenvalue weighted by atomic mass is 10.0. The van der Waals surface area contributed by atoms with Gasteiger partial charge in [-0.25, -0.2) is 9.18 Å². The van der Waals surface area contributed by atoms with Gasteiger partial charge in [-0.2, -0.15) is 0 Å². The number of amides is 2. The molecule has 0 atom stereocenters. The quantitative estimate of drug-likeness (QED) is 0.619. The average Bonchev–Trinajstić information content (AvgIpc) is 2.75. The first-order chi connectivity index (χ1) is 14.7. The third-order valence-electron chi connectivity index (χ3n) is 4.68. The number of carbonyl (C=O) groups is 3. The van der Waals surface area contributed by atoms with E-state index in [1.165, 1.54) is 24.1 Å². The van der Waals surface area contributed by atoms with Crippen molar-refractivity contribution in [1.29, 1.82) is 0 Å². The highest BCUT2D eigenvalue weighted by Crippen LogP contribution is 2.25. The molecule has 0 saturated carbocycles. The summed E-state index contributed by atoms with van der Waals surface area (Å²) in [6.07, 6.45) is 0. The first kappa shape index (κ1) is 23.9. The van der Waals surface area contributed by atoms with Crippen LogP contribution in [-0.2, 0) is 20.9 Å². The van der Waals surface area contributed by atoms with Crippen LogP contribution < -0.4 is 10.1 Å². The van der Waals surface area contributed by atoms with Crippen molar-refractivity contribution in [3.8, 4) is 5.75 Å². The van der Waals surface area contributed by atoms with E-state index < -0.39 is 5.97 Å². The van der Waals surface area contributed by atoms with E-state index >= 15 is 0 Å². The molecule has 2 aromatic carbocycles. The van der Waals surface area contributed by atoms with Crippen molar-refractivity contribution >= 4 is 17.8 Å². The summed E-state index contributed by atoms with van der Waals surface area (Å²) in [5, 5.41) is 2.74. The van der Waals surface area contributed by atoms with Crippen molar-refractivity contribution in [2.45, 2.75) is 27.3 Å². The molecule has 0 heterocycles. The molecule has 0 aliphatic heterocycles. The standard InChI is InChI=1S/C23H27FN2O5/c1-5-26(13-20(27)25-12-17-6-8-19(24)9-7-17)23(29)18-10-15(2)22(16(3)11-18)31-14-21(28)30-4/h6-11H,5,12-14H2,1-4H3,(H,25,27). The molecule has 0 radical (unpaired) electrons. The van der Waals surface area contributed by atoms with Crippen LogP contribution in [0.4, 0.5) is 4.39 Å². The van der Waals surface area contributed by atoms with E-state index in [1.807, 2.05) is 0 Å². The molecule has 2 aromatic rings. The molecule has 0 bridgehead atoms. The van der Waals surface area contributed by atoms with Crippen molar-refractivity contribution in [3.63, 3.8) is 0 Å². The van der Waals surface area contributed by atoms with E-state index in [0.717, 1.165) is 5.56 Å². The molecule has 2 amide bonds. The molecule has 0 aliphatic rings. The monoisotopic (exact) mass is 430 g/mol. The van der Waals surface area contributed by atoms with Crippen LogP contribution in [0, 0.1) is 19.7 Å². The summed E-state index contributed by atoms with van der Waals surface area (Å²) in [7, 11) is 1.28. The molecule has 0 fully saturated rings. The van der Waals surface area contributed by atoms with Gasteiger partial charge in [0.05, 0.1) is 13.7 Å². The number of esters is 1. The number of aryl methyl sites for hydroxylation is 2. The minimum atomic E-state index is -0.497. The Morgan fingerprint density at radius 2 is 1.68 bits per heavy atom. The third kappa shape index (κ3) is 6.80. The Balaban J connectivity index is 2.02. The van der Waals surface area contributed by atoms with Gasteiger partial charge in [0.1, 0.15) is 11.6 Å². The Kier molecular flexibility index (Phi) is 8.54. The van der Waals surface area contributed by atoms with Crippen molar-refractivity contribution in [2.75, 3.05) is 26.8 Å². The van der Waals surface area contributed by atoms with E-state index in [0.29, 0.717) is 29.0 Å². The summed E-state index contributed by atoms with van der Waals surface area (Å²) in [5.41, 5.74) is 2.58. The number of nitrogens with zero attached hydrogens (tertiary/aromatic N) is 1. The molecule has 166 valence electrons. The highest BCUT2D eigenvalue weighted by atomic mass is 19.1. The zero-order valence-electron chi connectivity index (χ0n) is 18.2. The minimum absolute atomic E-state index is 0.102. The molecule has 0 aromatic heterocycles. The van der Waals surface area contributed by atoms with Gasteiger partial charge < -0.3 is 19.7 Å². The number of rotatable bonds is 9. The van der Waals surface area contributed by atoms with Gasteiger partial charge in [0.2, 0.25) is 5.91 Å². The first-order valence-electron chi connectivity index (χ1n) is 9.86. The SMILES string of the molecule is CCN(CC(=O)NCc1ccc(F)cc1)C(=O)c1cc(C)c(OCC(=O)OC)c(C)c1. The number of carbonyl (C=O) groups excluding carboxylic acids is 3. The molecule has 0 unspecified atom stereocenters. The van der Waals surface area contributed by atoms with Crippen LogP contribution in [0.2, 0.25) is 0 Å². The molecule has 7 nitrogen and oxygen atoms in total. The van der Waals surface area contributed by atoms with Crippen LogP contribution >= 0.6 is 0 Å². The third-order valence-corrected chi connectivity index (χ3v) is 4.68. The first-order valence-corrected chi connectivity index (χ1v) is 9.86.